The summed E-state index contributed by atoms with van der Waals surface area (Å²) in [4.78, 5) is 28.4. The second kappa shape index (κ2) is 16.3. The molecule has 1 saturated heterocycles. The van der Waals surface area contributed by atoms with E-state index in [4.69, 9.17) is 21.1 Å². The first-order valence-corrected chi connectivity index (χ1v) is 22.2. The molecule has 54 heavy (non-hydrogen) atoms. The predicted molar refractivity (Wildman–Crippen MR) is 214 cm³/mol. The number of hydrogen-bond acceptors (Lipinski definition) is 8. The van der Waals surface area contributed by atoms with Crippen LogP contribution in [0.1, 0.15) is 99.5 Å². The van der Waals surface area contributed by atoms with Crippen LogP contribution in [0.2, 0.25) is 5.02 Å². The number of allylic oxidation sites excluding steroid dienone is 1. The molecule has 3 aliphatic heterocycles. The van der Waals surface area contributed by atoms with E-state index < -0.39 is 26.8 Å². The molecule has 11 heteroatoms. The van der Waals surface area contributed by atoms with E-state index in [-0.39, 0.29) is 28.7 Å². The number of fused-ring (bicyclic) bond motifs is 5. The first kappa shape index (κ1) is 39.3. The number of anilines is 1. The number of nitrogens with one attached hydrogen (secondary N) is 2. The fourth-order valence-electron chi connectivity index (χ4n) is 10.2. The van der Waals surface area contributed by atoms with E-state index in [2.05, 4.69) is 27.1 Å². The van der Waals surface area contributed by atoms with Crippen LogP contribution in [0.5, 0.6) is 5.75 Å². The lowest BCUT2D eigenvalue weighted by Gasteiger charge is -2.48. The fraction of sp³-hybridized carbons (Fsp3) is 0.628. The third-order valence-corrected chi connectivity index (χ3v) is 16.0. The molecule has 3 aliphatic carbocycles. The molecule has 2 saturated carbocycles. The highest BCUT2D eigenvalue weighted by Gasteiger charge is 2.49. The van der Waals surface area contributed by atoms with E-state index in [1.165, 1.54) is 56.3 Å². The Balaban J connectivity index is 0.000000386. The van der Waals surface area contributed by atoms with Crippen LogP contribution in [0.15, 0.2) is 48.6 Å². The largest absolute Gasteiger partial charge is 0.490 e. The van der Waals surface area contributed by atoms with Crippen LogP contribution in [0.3, 0.4) is 0 Å². The Morgan fingerprint density at radius 3 is 2.56 bits per heavy atom. The number of benzene rings is 2. The second-order valence-corrected chi connectivity index (χ2v) is 19.5. The molecule has 0 unspecified atom stereocenters. The summed E-state index contributed by atoms with van der Waals surface area (Å²) in [6.07, 6.45) is 17.1. The maximum Gasteiger partial charge on any atom is 0.264 e. The fourth-order valence-corrected chi connectivity index (χ4v) is 11.7. The molecule has 0 aromatic heterocycles. The molecule has 8 rings (SSSR count). The van der Waals surface area contributed by atoms with Crippen LogP contribution in [0, 0.1) is 29.6 Å². The molecule has 2 aromatic carbocycles. The number of methoxy groups -OCH3 is 1. The first-order valence-electron chi connectivity index (χ1n) is 20.2. The SMILES string of the molecule is C1CC[C@@H]2CNCC[C@H]2C1.CO[C@]1(C=O)/C=C/C[C@H](C)[C@@H](C)S(=O)(=O)NC(=O)c2ccc3c(c2)N(C[C@@H]2CC[C@H]21)C[C@@]1(CCCc2cc(Cl)ccc21)CO3. The predicted octanol–water partition coefficient (Wildman–Crippen LogP) is 7.25. The number of piperidine rings is 1. The number of ether oxygens (including phenoxy) is 2. The molecule has 2 N–H and O–H groups in total. The second-order valence-electron chi connectivity index (χ2n) is 17.0. The van der Waals surface area contributed by atoms with E-state index in [1.54, 1.807) is 32.2 Å². The van der Waals surface area contributed by atoms with Crippen LogP contribution in [-0.4, -0.2) is 71.4 Å². The van der Waals surface area contributed by atoms with Crippen molar-refractivity contribution in [2.75, 3.05) is 44.8 Å². The van der Waals surface area contributed by atoms with Gasteiger partial charge in [0.15, 0.2) is 6.29 Å². The van der Waals surface area contributed by atoms with Crippen molar-refractivity contribution in [3.05, 3.63) is 70.3 Å². The Bertz CT molecular complexity index is 1810. The number of rotatable bonds is 2. The molecule has 8 atom stereocenters. The minimum absolute atomic E-state index is 0.0434. The highest BCUT2D eigenvalue weighted by Crippen LogP contribution is 2.48. The molecule has 1 amide bonds. The van der Waals surface area contributed by atoms with E-state index in [0.717, 1.165) is 55.9 Å². The number of nitrogens with zero attached hydrogens (tertiary/aromatic N) is 1. The quantitative estimate of drug-likeness (QED) is 0.242. The Kier molecular flexibility index (Phi) is 11.9. The number of carbonyl (C=O) groups is 2. The summed E-state index contributed by atoms with van der Waals surface area (Å²) in [5.74, 6) is 1.93. The van der Waals surface area contributed by atoms with Crippen molar-refractivity contribution in [2.45, 2.75) is 101 Å². The Labute approximate surface area is 327 Å². The monoisotopic (exact) mass is 779 g/mol. The van der Waals surface area contributed by atoms with Gasteiger partial charge in [-0.1, -0.05) is 49.9 Å². The average Bonchev–Trinajstić information content (AvgIpc) is 3.32. The van der Waals surface area contributed by atoms with Crippen LogP contribution in [-0.2, 0) is 31.4 Å². The normalized spacial score (nSPS) is 35.2. The van der Waals surface area contributed by atoms with Crippen LogP contribution in [0.4, 0.5) is 5.69 Å². The molecular weight excluding hydrogens is 722 g/mol. The van der Waals surface area contributed by atoms with Crippen molar-refractivity contribution >= 4 is 39.5 Å². The minimum atomic E-state index is -3.97. The summed E-state index contributed by atoms with van der Waals surface area (Å²) in [6.45, 7) is 7.76. The maximum atomic E-state index is 13.4. The van der Waals surface area contributed by atoms with Crippen molar-refractivity contribution in [1.82, 2.24) is 10.0 Å². The number of sulfonamides is 1. The minimum Gasteiger partial charge on any atom is -0.490 e. The molecule has 0 radical (unpaired) electrons. The zero-order valence-electron chi connectivity index (χ0n) is 32.2. The Morgan fingerprint density at radius 2 is 1.81 bits per heavy atom. The number of amides is 1. The topological polar surface area (TPSA) is 114 Å². The van der Waals surface area contributed by atoms with Crippen molar-refractivity contribution in [3.63, 3.8) is 0 Å². The third-order valence-electron chi connectivity index (χ3n) is 13.9. The number of carbonyl (C=O) groups excluding carboxylic acids is 2. The van der Waals surface area contributed by atoms with Crippen molar-refractivity contribution in [1.29, 1.82) is 0 Å². The highest BCUT2D eigenvalue weighted by molar-refractivity contribution is 7.90. The van der Waals surface area contributed by atoms with Crippen LogP contribution < -0.4 is 19.7 Å². The average molecular weight is 780 g/mol. The van der Waals surface area contributed by atoms with Gasteiger partial charge in [-0.15, -0.1) is 0 Å². The van der Waals surface area contributed by atoms with Gasteiger partial charge >= 0.3 is 0 Å². The van der Waals surface area contributed by atoms with Gasteiger partial charge < -0.3 is 19.7 Å². The molecule has 6 aliphatic rings. The van der Waals surface area contributed by atoms with Crippen molar-refractivity contribution in [2.24, 2.45) is 29.6 Å². The van der Waals surface area contributed by atoms with Crippen LogP contribution in [0.25, 0.3) is 0 Å². The molecule has 2 bridgehead atoms. The van der Waals surface area contributed by atoms with E-state index in [9.17, 15) is 18.0 Å². The zero-order valence-corrected chi connectivity index (χ0v) is 33.7. The van der Waals surface area contributed by atoms with Gasteiger partial charge in [0.25, 0.3) is 5.91 Å². The van der Waals surface area contributed by atoms with Crippen LogP contribution >= 0.6 is 11.6 Å². The molecule has 2 aromatic rings. The number of aldehydes is 1. The van der Waals surface area contributed by atoms with E-state index in [0.29, 0.717) is 36.9 Å². The van der Waals surface area contributed by atoms with Gasteiger partial charge in [0.1, 0.15) is 11.4 Å². The van der Waals surface area contributed by atoms with Gasteiger partial charge in [0.05, 0.1) is 17.5 Å². The Morgan fingerprint density at radius 1 is 1.00 bits per heavy atom. The van der Waals surface area contributed by atoms with E-state index in [1.807, 2.05) is 25.1 Å². The standard InChI is InChI=1S/C34H41ClN2O6S.C9H17N/c1-22-6-4-15-34(20-38,42-3)29-11-8-26(29)18-37-19-33(14-5-7-24-16-27(35)10-12-28(24)33)21-43-31-13-9-25(17-30(31)37)32(39)36-44(40,41)23(22)2;1-2-4-9-7-10-6-5-8(9)3-1/h4,9-10,12-13,15-17,20,22-23,26,29H,5-8,11,14,18-19,21H2,1-3H3,(H,36,39);8-10H,1-7H2/b15-4+;/t22-,23+,26-,29+,33-,34-;8-,9-/m01/s1. The molecule has 9 nitrogen and oxygen atoms in total. The van der Waals surface area contributed by atoms with Crippen molar-refractivity contribution in [3.8, 4) is 5.75 Å². The summed E-state index contributed by atoms with van der Waals surface area (Å²) in [5.41, 5.74) is 2.05. The first-order chi connectivity index (χ1) is 26.0. The number of halogens is 1. The lowest BCUT2D eigenvalue weighted by Crippen LogP contribution is -2.53. The zero-order chi connectivity index (χ0) is 38.1. The summed E-state index contributed by atoms with van der Waals surface area (Å²) in [5, 5.41) is 3.36. The molecule has 294 valence electrons. The number of aryl methyl sites for hydroxylation is 1. The highest BCUT2D eigenvalue weighted by atomic mass is 35.5. The van der Waals surface area contributed by atoms with Crippen molar-refractivity contribution < 1.29 is 27.5 Å². The summed E-state index contributed by atoms with van der Waals surface area (Å²) in [6, 6.07) is 11.3. The van der Waals surface area contributed by atoms with E-state index >= 15 is 0 Å². The van der Waals surface area contributed by atoms with Gasteiger partial charge in [-0.3, -0.25) is 9.59 Å². The summed E-state index contributed by atoms with van der Waals surface area (Å²) >= 11 is 6.40. The van der Waals surface area contributed by atoms with Gasteiger partial charge in [-0.2, -0.15) is 0 Å². The summed E-state index contributed by atoms with van der Waals surface area (Å²) < 4.78 is 41.3. The molecule has 1 spiro atoms. The smallest absolute Gasteiger partial charge is 0.264 e. The van der Waals surface area contributed by atoms with Gasteiger partial charge in [0.2, 0.25) is 10.0 Å². The third kappa shape index (κ3) is 7.87. The molecule has 3 fully saturated rings. The Hall–Kier alpha value is -2.92. The number of hydrogen-bond donors (Lipinski definition) is 2. The lowest BCUT2D eigenvalue weighted by atomic mass is 9.64. The molecule has 3 heterocycles. The lowest BCUT2D eigenvalue weighted by molar-refractivity contribution is -0.135. The van der Waals surface area contributed by atoms with Gasteiger partial charge in [0, 0.05) is 42.1 Å². The summed E-state index contributed by atoms with van der Waals surface area (Å²) in [7, 11) is -2.41. The maximum absolute atomic E-state index is 13.4. The van der Waals surface area contributed by atoms with Gasteiger partial charge in [-0.25, -0.2) is 13.1 Å². The van der Waals surface area contributed by atoms with Gasteiger partial charge in [-0.05, 0) is 143 Å². The molecular formula is C43H58ClN3O6S.